The molecule has 0 aromatic heterocycles. The maximum absolute atomic E-state index is 11.3. The Balaban J connectivity index is 4.09. The normalized spacial score (nSPS) is 14.1. The van der Waals surface area contributed by atoms with E-state index in [1.54, 1.807) is 0 Å². The van der Waals surface area contributed by atoms with Crippen molar-refractivity contribution in [3.63, 3.8) is 0 Å². The molecule has 0 heterocycles. The number of carbonyl (C=O) groups is 1. The average Bonchev–Trinajstić information content (AvgIpc) is 2.15. The standard InChI is InChI=1S/C12H27N3O/c1-6-15(7-2)9-8-14-10(11(13)16)12(3,4)5/h10,14H,6-9H2,1-5H3,(H2,13,16). The minimum atomic E-state index is -0.271. The second-order valence-corrected chi connectivity index (χ2v) is 5.18. The Morgan fingerprint density at radius 2 is 1.81 bits per heavy atom. The minimum absolute atomic E-state index is 0.130. The van der Waals surface area contributed by atoms with Crippen LogP contribution in [0.5, 0.6) is 0 Å². The van der Waals surface area contributed by atoms with E-state index in [1.165, 1.54) is 0 Å². The van der Waals surface area contributed by atoms with Crippen molar-refractivity contribution in [3.05, 3.63) is 0 Å². The topological polar surface area (TPSA) is 58.4 Å². The fraction of sp³-hybridized carbons (Fsp3) is 0.917. The molecule has 4 nitrogen and oxygen atoms in total. The van der Waals surface area contributed by atoms with Gasteiger partial charge in [0, 0.05) is 13.1 Å². The first-order chi connectivity index (χ1) is 7.32. The third-order valence-corrected chi connectivity index (χ3v) is 2.82. The Labute approximate surface area is 99.6 Å². The quantitative estimate of drug-likeness (QED) is 0.679. The monoisotopic (exact) mass is 229 g/mol. The number of carbonyl (C=O) groups excluding carboxylic acids is 1. The number of nitrogens with one attached hydrogen (secondary N) is 1. The third-order valence-electron chi connectivity index (χ3n) is 2.82. The molecule has 0 saturated carbocycles. The van der Waals surface area contributed by atoms with Crippen LogP contribution >= 0.6 is 0 Å². The van der Waals surface area contributed by atoms with Gasteiger partial charge in [0.25, 0.3) is 0 Å². The van der Waals surface area contributed by atoms with Gasteiger partial charge in [-0.25, -0.2) is 0 Å². The molecule has 0 fully saturated rings. The molecule has 3 N–H and O–H groups in total. The Kier molecular flexibility index (Phi) is 6.60. The molecule has 16 heavy (non-hydrogen) atoms. The molecular weight excluding hydrogens is 202 g/mol. The maximum Gasteiger partial charge on any atom is 0.235 e. The van der Waals surface area contributed by atoms with Crippen molar-refractivity contribution >= 4 is 5.91 Å². The molecule has 0 aliphatic heterocycles. The summed E-state index contributed by atoms with van der Waals surface area (Å²) in [6.45, 7) is 14.2. The smallest absolute Gasteiger partial charge is 0.235 e. The van der Waals surface area contributed by atoms with Crippen LogP contribution in [0.25, 0.3) is 0 Å². The van der Waals surface area contributed by atoms with Crippen LogP contribution in [0.1, 0.15) is 34.6 Å². The molecule has 0 radical (unpaired) electrons. The number of nitrogens with zero attached hydrogens (tertiary/aromatic N) is 1. The summed E-state index contributed by atoms with van der Waals surface area (Å²) in [6, 6.07) is -0.261. The Bertz CT molecular complexity index is 207. The van der Waals surface area contributed by atoms with Gasteiger partial charge in [-0.1, -0.05) is 34.6 Å². The number of primary amides is 1. The Morgan fingerprint density at radius 1 is 1.31 bits per heavy atom. The van der Waals surface area contributed by atoms with Gasteiger partial charge in [-0.3, -0.25) is 4.79 Å². The molecule has 0 aliphatic rings. The maximum atomic E-state index is 11.3. The Morgan fingerprint density at radius 3 is 2.12 bits per heavy atom. The van der Waals surface area contributed by atoms with Gasteiger partial charge in [0.2, 0.25) is 5.91 Å². The summed E-state index contributed by atoms with van der Waals surface area (Å²) in [4.78, 5) is 13.6. The van der Waals surface area contributed by atoms with Crippen LogP contribution in [0.3, 0.4) is 0 Å². The lowest BCUT2D eigenvalue weighted by Crippen LogP contribution is -2.51. The summed E-state index contributed by atoms with van der Waals surface area (Å²) < 4.78 is 0. The van der Waals surface area contributed by atoms with E-state index in [0.717, 1.165) is 26.2 Å². The van der Waals surface area contributed by atoms with Crippen LogP contribution < -0.4 is 11.1 Å². The number of hydrogen-bond acceptors (Lipinski definition) is 3. The van der Waals surface area contributed by atoms with E-state index in [9.17, 15) is 4.79 Å². The van der Waals surface area contributed by atoms with Crippen molar-refractivity contribution in [2.45, 2.75) is 40.7 Å². The predicted molar refractivity (Wildman–Crippen MR) is 68.2 cm³/mol. The van der Waals surface area contributed by atoms with Crippen molar-refractivity contribution in [2.75, 3.05) is 26.2 Å². The molecule has 0 aliphatic carbocycles. The highest BCUT2D eigenvalue weighted by Crippen LogP contribution is 2.18. The van der Waals surface area contributed by atoms with E-state index in [-0.39, 0.29) is 17.4 Å². The van der Waals surface area contributed by atoms with E-state index in [2.05, 4.69) is 24.1 Å². The van der Waals surface area contributed by atoms with Crippen LogP contribution in [0.15, 0.2) is 0 Å². The van der Waals surface area contributed by atoms with Gasteiger partial charge in [-0.15, -0.1) is 0 Å². The number of nitrogens with two attached hydrogens (primary N) is 1. The lowest BCUT2D eigenvalue weighted by molar-refractivity contribution is -0.122. The summed E-state index contributed by atoms with van der Waals surface area (Å²) in [5.74, 6) is -0.271. The summed E-state index contributed by atoms with van der Waals surface area (Å²) in [6.07, 6.45) is 0. The third kappa shape index (κ3) is 5.47. The summed E-state index contributed by atoms with van der Waals surface area (Å²) in [5, 5.41) is 3.24. The molecule has 1 unspecified atom stereocenters. The Hall–Kier alpha value is -0.610. The van der Waals surface area contributed by atoms with Crippen LogP contribution in [0.2, 0.25) is 0 Å². The fourth-order valence-electron chi connectivity index (χ4n) is 1.74. The van der Waals surface area contributed by atoms with Crippen molar-refractivity contribution in [1.82, 2.24) is 10.2 Å². The zero-order chi connectivity index (χ0) is 12.8. The molecule has 96 valence electrons. The van der Waals surface area contributed by atoms with E-state index >= 15 is 0 Å². The largest absolute Gasteiger partial charge is 0.368 e. The molecule has 0 spiro atoms. The molecule has 0 aromatic rings. The summed E-state index contributed by atoms with van der Waals surface area (Å²) in [7, 11) is 0. The van der Waals surface area contributed by atoms with Gasteiger partial charge in [0.1, 0.15) is 0 Å². The molecule has 1 amide bonds. The predicted octanol–water partition coefficient (Wildman–Crippen LogP) is 0.818. The number of amides is 1. The van der Waals surface area contributed by atoms with Gasteiger partial charge in [0.05, 0.1) is 6.04 Å². The second kappa shape index (κ2) is 6.86. The van der Waals surface area contributed by atoms with E-state index in [1.807, 2.05) is 20.8 Å². The van der Waals surface area contributed by atoms with Crippen molar-refractivity contribution in [3.8, 4) is 0 Å². The molecule has 0 saturated heterocycles. The average molecular weight is 229 g/mol. The molecule has 0 aromatic carbocycles. The van der Waals surface area contributed by atoms with Gasteiger partial charge in [-0.2, -0.15) is 0 Å². The highest BCUT2D eigenvalue weighted by molar-refractivity contribution is 5.80. The number of rotatable bonds is 7. The van der Waals surface area contributed by atoms with Crippen molar-refractivity contribution in [2.24, 2.45) is 11.1 Å². The van der Waals surface area contributed by atoms with Crippen LogP contribution in [0.4, 0.5) is 0 Å². The van der Waals surface area contributed by atoms with Crippen molar-refractivity contribution in [1.29, 1.82) is 0 Å². The highest BCUT2D eigenvalue weighted by atomic mass is 16.1. The molecule has 1 atom stereocenters. The summed E-state index contributed by atoms with van der Waals surface area (Å²) in [5.41, 5.74) is 5.26. The van der Waals surface area contributed by atoms with E-state index < -0.39 is 0 Å². The first kappa shape index (κ1) is 15.4. The van der Waals surface area contributed by atoms with Crippen LogP contribution in [0, 0.1) is 5.41 Å². The van der Waals surface area contributed by atoms with Gasteiger partial charge in [-0.05, 0) is 18.5 Å². The first-order valence-corrected chi connectivity index (χ1v) is 6.08. The number of likely N-dealkylation sites (N-methyl/N-ethyl adjacent to an activating group) is 1. The van der Waals surface area contributed by atoms with E-state index in [4.69, 9.17) is 5.73 Å². The van der Waals surface area contributed by atoms with Crippen molar-refractivity contribution < 1.29 is 4.79 Å². The zero-order valence-corrected chi connectivity index (χ0v) is 11.3. The lowest BCUT2D eigenvalue weighted by Gasteiger charge is -2.30. The van der Waals surface area contributed by atoms with Gasteiger partial charge < -0.3 is 16.0 Å². The van der Waals surface area contributed by atoms with Gasteiger partial charge >= 0.3 is 0 Å². The van der Waals surface area contributed by atoms with Crippen LogP contribution in [-0.2, 0) is 4.79 Å². The van der Waals surface area contributed by atoms with Crippen LogP contribution in [-0.4, -0.2) is 43.0 Å². The first-order valence-electron chi connectivity index (χ1n) is 6.08. The summed E-state index contributed by atoms with van der Waals surface area (Å²) >= 11 is 0. The molecule has 0 rings (SSSR count). The second-order valence-electron chi connectivity index (χ2n) is 5.18. The lowest BCUT2D eigenvalue weighted by atomic mass is 9.86. The van der Waals surface area contributed by atoms with E-state index in [0.29, 0.717) is 0 Å². The SMILES string of the molecule is CCN(CC)CCNC(C(N)=O)C(C)(C)C. The van der Waals surface area contributed by atoms with Gasteiger partial charge in [0.15, 0.2) is 0 Å². The zero-order valence-electron chi connectivity index (χ0n) is 11.3. The molecule has 4 heteroatoms. The molecular formula is C12H27N3O. The molecule has 0 bridgehead atoms. The fourth-order valence-corrected chi connectivity index (χ4v) is 1.74. The minimum Gasteiger partial charge on any atom is -0.368 e. The highest BCUT2D eigenvalue weighted by Gasteiger charge is 2.28. The number of hydrogen-bond donors (Lipinski definition) is 2.